The predicted octanol–water partition coefficient (Wildman–Crippen LogP) is 2.90. The number of aliphatic hydroxyl groups is 1. The Kier molecular flexibility index (Phi) is 6.24. The van der Waals surface area contributed by atoms with Crippen LogP contribution in [0.5, 0.6) is 0 Å². The molecule has 0 aliphatic rings. The van der Waals surface area contributed by atoms with Crippen LogP contribution in [0.15, 0.2) is 5.38 Å². The van der Waals surface area contributed by atoms with E-state index in [0.717, 1.165) is 18.5 Å². The number of nitrogens with zero attached hydrogens (tertiary/aromatic N) is 1. The van der Waals surface area contributed by atoms with Crippen molar-refractivity contribution in [3.05, 3.63) is 11.1 Å². The van der Waals surface area contributed by atoms with Gasteiger partial charge in [0.1, 0.15) is 0 Å². The van der Waals surface area contributed by atoms with Crippen LogP contribution >= 0.6 is 11.3 Å². The SMILES string of the molecule is CCCC(O)(CCC)CNC(=O)Nc1nc(C)cs1. The number of amides is 2. The average Bonchev–Trinajstić information content (AvgIpc) is 2.73. The third-order valence-electron chi connectivity index (χ3n) is 2.85. The third kappa shape index (κ3) is 5.57. The number of hydrogen-bond acceptors (Lipinski definition) is 4. The van der Waals surface area contributed by atoms with Crippen LogP contribution in [0.4, 0.5) is 9.93 Å². The number of carbonyl (C=O) groups excluding carboxylic acids is 1. The molecule has 0 radical (unpaired) electrons. The lowest BCUT2D eigenvalue weighted by Crippen LogP contribution is -2.44. The Labute approximate surface area is 118 Å². The molecule has 2 amide bonds. The number of thiazole rings is 1. The van der Waals surface area contributed by atoms with Gasteiger partial charge in [-0.2, -0.15) is 0 Å². The molecule has 1 aromatic rings. The second kappa shape index (κ2) is 7.45. The molecule has 0 fully saturated rings. The van der Waals surface area contributed by atoms with Crippen molar-refractivity contribution in [3.63, 3.8) is 0 Å². The van der Waals surface area contributed by atoms with Crippen molar-refractivity contribution in [1.29, 1.82) is 0 Å². The summed E-state index contributed by atoms with van der Waals surface area (Å²) in [6, 6.07) is -0.319. The monoisotopic (exact) mass is 285 g/mol. The minimum atomic E-state index is -0.806. The van der Waals surface area contributed by atoms with Crippen LogP contribution in [0, 0.1) is 6.92 Å². The van der Waals surface area contributed by atoms with Gasteiger partial charge in [-0.05, 0) is 19.8 Å². The van der Waals surface area contributed by atoms with E-state index in [4.69, 9.17) is 0 Å². The average molecular weight is 285 g/mol. The van der Waals surface area contributed by atoms with Gasteiger partial charge in [-0.15, -0.1) is 11.3 Å². The molecule has 0 bridgehead atoms. The van der Waals surface area contributed by atoms with Crippen LogP contribution in [0.25, 0.3) is 0 Å². The number of carbonyl (C=O) groups is 1. The highest BCUT2D eigenvalue weighted by atomic mass is 32.1. The highest BCUT2D eigenvalue weighted by molar-refractivity contribution is 7.13. The number of aromatic nitrogens is 1. The number of urea groups is 1. The molecular weight excluding hydrogens is 262 g/mol. The molecular formula is C13H23N3O2S. The fraction of sp³-hybridized carbons (Fsp3) is 0.692. The van der Waals surface area contributed by atoms with Crippen LogP contribution in [0.1, 0.15) is 45.2 Å². The normalized spacial score (nSPS) is 11.4. The van der Waals surface area contributed by atoms with E-state index < -0.39 is 5.60 Å². The maximum Gasteiger partial charge on any atom is 0.321 e. The summed E-state index contributed by atoms with van der Waals surface area (Å²) in [7, 11) is 0. The summed E-state index contributed by atoms with van der Waals surface area (Å²) in [5.41, 5.74) is 0.0772. The largest absolute Gasteiger partial charge is 0.388 e. The van der Waals surface area contributed by atoms with Crippen LogP contribution in [0.2, 0.25) is 0 Å². The number of aryl methyl sites for hydroxylation is 1. The van der Waals surface area contributed by atoms with Gasteiger partial charge in [0.05, 0.1) is 11.3 Å². The molecule has 1 rings (SSSR count). The topological polar surface area (TPSA) is 74.2 Å². The molecule has 19 heavy (non-hydrogen) atoms. The Bertz CT molecular complexity index is 400. The van der Waals surface area contributed by atoms with Gasteiger partial charge in [-0.25, -0.2) is 9.78 Å². The van der Waals surface area contributed by atoms with Gasteiger partial charge in [0, 0.05) is 11.9 Å². The fourth-order valence-corrected chi connectivity index (χ4v) is 2.71. The minimum absolute atomic E-state index is 0.269. The van der Waals surface area contributed by atoms with Crippen LogP contribution in [0.3, 0.4) is 0 Å². The first kappa shape index (κ1) is 15.9. The van der Waals surface area contributed by atoms with E-state index in [9.17, 15) is 9.90 Å². The molecule has 6 heteroatoms. The van der Waals surface area contributed by atoms with Crippen molar-refractivity contribution < 1.29 is 9.90 Å². The van der Waals surface area contributed by atoms with Crippen molar-refractivity contribution in [2.45, 2.75) is 52.1 Å². The highest BCUT2D eigenvalue weighted by Crippen LogP contribution is 2.19. The molecule has 0 aromatic carbocycles. The van der Waals surface area contributed by atoms with Gasteiger partial charge in [-0.3, -0.25) is 5.32 Å². The highest BCUT2D eigenvalue weighted by Gasteiger charge is 2.25. The summed E-state index contributed by atoms with van der Waals surface area (Å²) in [5, 5.41) is 18.2. The zero-order chi connectivity index (χ0) is 14.3. The number of hydrogen-bond donors (Lipinski definition) is 3. The molecule has 5 nitrogen and oxygen atoms in total. The minimum Gasteiger partial charge on any atom is -0.388 e. The Morgan fingerprint density at radius 3 is 2.53 bits per heavy atom. The van der Waals surface area contributed by atoms with E-state index in [-0.39, 0.29) is 12.6 Å². The summed E-state index contributed by atoms with van der Waals surface area (Å²) in [6.45, 7) is 6.20. The molecule has 0 aliphatic carbocycles. The summed E-state index contributed by atoms with van der Waals surface area (Å²) < 4.78 is 0. The van der Waals surface area contributed by atoms with Crippen molar-refractivity contribution in [3.8, 4) is 0 Å². The van der Waals surface area contributed by atoms with Gasteiger partial charge in [0.2, 0.25) is 0 Å². The smallest absolute Gasteiger partial charge is 0.321 e. The Hall–Kier alpha value is -1.14. The van der Waals surface area contributed by atoms with Crippen LogP contribution < -0.4 is 10.6 Å². The van der Waals surface area contributed by atoms with Gasteiger partial charge < -0.3 is 10.4 Å². The Morgan fingerprint density at radius 2 is 2.05 bits per heavy atom. The molecule has 0 spiro atoms. The van der Waals surface area contributed by atoms with E-state index in [1.54, 1.807) is 0 Å². The number of nitrogens with one attached hydrogen (secondary N) is 2. The second-order valence-corrected chi connectivity index (χ2v) is 5.68. The standard InChI is InChI=1S/C13H23N3O2S/c1-4-6-13(18,7-5-2)9-14-11(17)16-12-15-10(3)8-19-12/h8,18H,4-7,9H2,1-3H3,(H2,14,15,16,17). The number of anilines is 1. The molecule has 0 saturated carbocycles. The van der Waals surface area contributed by atoms with Crippen molar-refractivity contribution in [2.75, 3.05) is 11.9 Å². The summed E-state index contributed by atoms with van der Waals surface area (Å²) >= 11 is 1.39. The summed E-state index contributed by atoms with van der Waals surface area (Å²) in [5.74, 6) is 0. The predicted molar refractivity (Wildman–Crippen MR) is 78.6 cm³/mol. The fourth-order valence-electron chi connectivity index (χ4n) is 2.03. The summed E-state index contributed by atoms with van der Waals surface area (Å²) in [4.78, 5) is 15.9. The first-order valence-corrected chi connectivity index (χ1v) is 7.56. The molecule has 3 N–H and O–H groups in total. The van der Waals surface area contributed by atoms with Gasteiger partial charge in [0.15, 0.2) is 5.13 Å². The first-order chi connectivity index (χ1) is 8.99. The lowest BCUT2D eigenvalue weighted by atomic mass is 9.93. The van der Waals surface area contributed by atoms with Gasteiger partial charge >= 0.3 is 6.03 Å². The lowest BCUT2D eigenvalue weighted by Gasteiger charge is -2.27. The van der Waals surface area contributed by atoms with E-state index in [1.165, 1.54) is 11.3 Å². The van der Waals surface area contributed by atoms with E-state index in [1.807, 2.05) is 26.2 Å². The molecule has 0 saturated heterocycles. The zero-order valence-corrected chi connectivity index (χ0v) is 12.6. The van der Waals surface area contributed by atoms with Crippen LogP contribution in [-0.2, 0) is 0 Å². The Balaban J connectivity index is 2.43. The molecule has 1 aromatic heterocycles. The third-order valence-corrected chi connectivity index (χ3v) is 3.72. The van der Waals surface area contributed by atoms with Crippen molar-refractivity contribution in [2.24, 2.45) is 0 Å². The van der Waals surface area contributed by atoms with Crippen molar-refractivity contribution >= 4 is 22.5 Å². The quantitative estimate of drug-likeness (QED) is 0.721. The van der Waals surface area contributed by atoms with Gasteiger partial charge in [-0.1, -0.05) is 26.7 Å². The van der Waals surface area contributed by atoms with E-state index in [2.05, 4.69) is 15.6 Å². The maximum absolute atomic E-state index is 11.7. The van der Waals surface area contributed by atoms with Crippen LogP contribution in [-0.4, -0.2) is 28.3 Å². The second-order valence-electron chi connectivity index (χ2n) is 4.83. The zero-order valence-electron chi connectivity index (χ0n) is 11.8. The maximum atomic E-state index is 11.7. The summed E-state index contributed by atoms with van der Waals surface area (Å²) in [6.07, 6.45) is 3.17. The van der Waals surface area contributed by atoms with E-state index in [0.29, 0.717) is 18.0 Å². The molecule has 108 valence electrons. The number of rotatable bonds is 7. The molecule has 0 unspecified atom stereocenters. The molecule has 0 aliphatic heterocycles. The van der Waals surface area contributed by atoms with E-state index >= 15 is 0 Å². The van der Waals surface area contributed by atoms with Crippen molar-refractivity contribution in [1.82, 2.24) is 10.3 Å². The molecule has 0 atom stereocenters. The Morgan fingerprint density at radius 1 is 1.42 bits per heavy atom. The molecule has 1 heterocycles. The lowest BCUT2D eigenvalue weighted by molar-refractivity contribution is 0.0245. The van der Waals surface area contributed by atoms with Gasteiger partial charge in [0.25, 0.3) is 0 Å². The first-order valence-electron chi connectivity index (χ1n) is 6.68.